The first kappa shape index (κ1) is 17.1. The highest BCUT2D eigenvalue weighted by molar-refractivity contribution is 5.94. The number of hydrogen-bond acceptors (Lipinski definition) is 3. The summed E-state index contributed by atoms with van der Waals surface area (Å²) in [4.78, 5) is 14.7. The van der Waals surface area contributed by atoms with Crippen LogP contribution >= 0.6 is 0 Å². The van der Waals surface area contributed by atoms with Crippen LogP contribution in [0.4, 0.5) is 4.39 Å². The number of amides is 1. The second-order valence-corrected chi connectivity index (χ2v) is 6.46. The Hall–Kier alpha value is -3.33. The minimum atomic E-state index is -0.308. The molecule has 1 aliphatic carbocycles. The van der Waals surface area contributed by atoms with E-state index < -0.39 is 0 Å². The fraction of sp³-hybridized carbons (Fsp3) is 0.238. The van der Waals surface area contributed by atoms with Gasteiger partial charge < -0.3 is 9.32 Å². The predicted octanol–water partition coefficient (Wildman–Crippen LogP) is 3.37. The van der Waals surface area contributed by atoms with Crippen LogP contribution in [0.2, 0.25) is 0 Å². The molecule has 4 rings (SSSR count). The van der Waals surface area contributed by atoms with Gasteiger partial charge in [0.15, 0.2) is 5.69 Å². The van der Waals surface area contributed by atoms with Gasteiger partial charge in [-0.15, -0.1) is 6.42 Å². The molecular weight excluding hydrogens is 345 g/mol. The number of nitrogens with zero attached hydrogens (tertiary/aromatic N) is 3. The molecule has 136 valence electrons. The van der Waals surface area contributed by atoms with E-state index in [1.54, 1.807) is 40.1 Å². The molecule has 2 aromatic heterocycles. The third-order valence-electron chi connectivity index (χ3n) is 4.70. The number of rotatable bonds is 5. The van der Waals surface area contributed by atoms with Crippen molar-refractivity contribution in [3.05, 3.63) is 71.2 Å². The molecule has 6 heteroatoms. The molecule has 0 saturated carbocycles. The lowest BCUT2D eigenvalue weighted by Gasteiger charge is -2.18. The van der Waals surface area contributed by atoms with Gasteiger partial charge in [-0.25, -0.2) is 9.07 Å². The number of halogens is 1. The average Bonchev–Trinajstić information content (AvgIpc) is 3.39. The third kappa shape index (κ3) is 3.24. The zero-order valence-corrected chi connectivity index (χ0v) is 14.7. The summed E-state index contributed by atoms with van der Waals surface area (Å²) in [6, 6.07) is 9.68. The standard InChI is InChI=1S/C21H18FN3O2/c1-2-12-24(14-17-5-4-13-27-17)21(26)20-18-6-3-7-19(18)25(23-20)16-10-8-15(22)9-11-16/h1,4-5,8-11,13H,3,6-7,12,14H2. The number of aromatic nitrogens is 2. The number of terminal acetylenes is 1. The summed E-state index contributed by atoms with van der Waals surface area (Å²) in [5.74, 6) is 2.66. The van der Waals surface area contributed by atoms with Crippen LogP contribution in [-0.4, -0.2) is 27.1 Å². The summed E-state index contributed by atoms with van der Waals surface area (Å²) >= 11 is 0. The molecule has 1 aliphatic rings. The van der Waals surface area contributed by atoms with Crippen LogP contribution < -0.4 is 0 Å². The highest BCUT2D eigenvalue weighted by Gasteiger charge is 2.29. The normalized spacial score (nSPS) is 12.6. The first-order valence-corrected chi connectivity index (χ1v) is 8.79. The zero-order valence-electron chi connectivity index (χ0n) is 14.7. The lowest BCUT2D eigenvalue weighted by Crippen LogP contribution is -2.31. The highest BCUT2D eigenvalue weighted by atomic mass is 19.1. The van der Waals surface area contributed by atoms with Gasteiger partial charge in [0.1, 0.15) is 11.6 Å². The number of carbonyl (C=O) groups is 1. The fourth-order valence-corrected chi connectivity index (χ4v) is 3.46. The Bertz CT molecular complexity index is 997. The van der Waals surface area contributed by atoms with Crippen LogP contribution in [-0.2, 0) is 19.4 Å². The van der Waals surface area contributed by atoms with Crippen molar-refractivity contribution >= 4 is 5.91 Å². The molecular formula is C21H18FN3O2. The smallest absolute Gasteiger partial charge is 0.275 e. The van der Waals surface area contributed by atoms with E-state index in [4.69, 9.17) is 10.8 Å². The predicted molar refractivity (Wildman–Crippen MR) is 97.8 cm³/mol. The zero-order chi connectivity index (χ0) is 18.8. The summed E-state index contributed by atoms with van der Waals surface area (Å²) in [5, 5.41) is 4.57. The molecule has 1 amide bonds. The van der Waals surface area contributed by atoms with Crippen molar-refractivity contribution in [2.75, 3.05) is 6.54 Å². The van der Waals surface area contributed by atoms with E-state index in [0.29, 0.717) is 11.5 Å². The molecule has 5 nitrogen and oxygen atoms in total. The largest absolute Gasteiger partial charge is 0.467 e. The van der Waals surface area contributed by atoms with Gasteiger partial charge in [-0.1, -0.05) is 5.92 Å². The summed E-state index contributed by atoms with van der Waals surface area (Å²) in [5.41, 5.74) is 3.10. The van der Waals surface area contributed by atoms with Crippen molar-refractivity contribution in [3.8, 4) is 18.0 Å². The first-order valence-electron chi connectivity index (χ1n) is 8.79. The molecule has 0 bridgehead atoms. The maximum atomic E-state index is 13.3. The maximum Gasteiger partial charge on any atom is 0.275 e. The van der Waals surface area contributed by atoms with Gasteiger partial charge in [-0.05, 0) is 55.7 Å². The average molecular weight is 363 g/mol. The summed E-state index contributed by atoms with van der Waals surface area (Å²) in [6.07, 6.45) is 9.61. The van der Waals surface area contributed by atoms with Crippen molar-refractivity contribution < 1.29 is 13.6 Å². The van der Waals surface area contributed by atoms with Gasteiger partial charge in [0.25, 0.3) is 5.91 Å². The van der Waals surface area contributed by atoms with Crippen LogP contribution in [0.3, 0.4) is 0 Å². The minimum Gasteiger partial charge on any atom is -0.467 e. The maximum absolute atomic E-state index is 13.3. The molecule has 1 aromatic carbocycles. The van der Waals surface area contributed by atoms with Crippen molar-refractivity contribution in [2.24, 2.45) is 0 Å². The van der Waals surface area contributed by atoms with Crippen LogP contribution in [0.1, 0.15) is 33.9 Å². The van der Waals surface area contributed by atoms with Crippen LogP contribution in [0.5, 0.6) is 0 Å². The minimum absolute atomic E-state index is 0.164. The van der Waals surface area contributed by atoms with Crippen molar-refractivity contribution in [1.29, 1.82) is 0 Å². The molecule has 0 N–H and O–H groups in total. The van der Waals surface area contributed by atoms with Gasteiger partial charge in [-0.2, -0.15) is 5.10 Å². The molecule has 0 fully saturated rings. The van der Waals surface area contributed by atoms with Gasteiger partial charge >= 0.3 is 0 Å². The number of benzene rings is 1. The molecule has 27 heavy (non-hydrogen) atoms. The molecule has 0 unspecified atom stereocenters. The number of hydrogen-bond donors (Lipinski definition) is 0. The Morgan fingerprint density at radius 1 is 1.30 bits per heavy atom. The SMILES string of the molecule is C#CCN(Cc1ccco1)C(=O)c1nn(-c2ccc(F)cc2)c2c1CCC2. The van der Waals surface area contributed by atoms with Gasteiger partial charge in [0.2, 0.25) is 0 Å². The van der Waals surface area contributed by atoms with Crippen molar-refractivity contribution in [3.63, 3.8) is 0 Å². The van der Waals surface area contributed by atoms with E-state index in [0.717, 1.165) is 36.2 Å². The highest BCUT2D eigenvalue weighted by Crippen LogP contribution is 2.29. The lowest BCUT2D eigenvalue weighted by atomic mass is 10.1. The molecule has 0 spiro atoms. The van der Waals surface area contributed by atoms with Crippen LogP contribution in [0.25, 0.3) is 5.69 Å². The van der Waals surface area contributed by atoms with Crippen LogP contribution in [0.15, 0.2) is 47.1 Å². The van der Waals surface area contributed by atoms with E-state index in [1.807, 2.05) is 0 Å². The topological polar surface area (TPSA) is 51.3 Å². The molecule has 0 radical (unpaired) electrons. The number of fused-ring (bicyclic) bond motifs is 1. The van der Waals surface area contributed by atoms with Crippen LogP contribution in [0, 0.1) is 18.2 Å². The fourth-order valence-electron chi connectivity index (χ4n) is 3.46. The van der Waals surface area contributed by atoms with E-state index >= 15 is 0 Å². The molecule has 3 aromatic rings. The van der Waals surface area contributed by atoms with Gasteiger partial charge in [0.05, 0.1) is 25.0 Å². The number of furan rings is 1. The lowest BCUT2D eigenvalue weighted by molar-refractivity contribution is 0.0747. The van der Waals surface area contributed by atoms with E-state index in [2.05, 4.69) is 11.0 Å². The first-order chi connectivity index (χ1) is 13.2. The number of carbonyl (C=O) groups excluding carboxylic acids is 1. The van der Waals surface area contributed by atoms with E-state index in [9.17, 15) is 9.18 Å². The summed E-state index contributed by atoms with van der Waals surface area (Å²) in [7, 11) is 0. The Morgan fingerprint density at radius 2 is 2.11 bits per heavy atom. The van der Waals surface area contributed by atoms with E-state index in [-0.39, 0.29) is 24.8 Å². The molecule has 2 heterocycles. The monoisotopic (exact) mass is 363 g/mol. The third-order valence-corrected chi connectivity index (χ3v) is 4.70. The Balaban J connectivity index is 1.70. The van der Waals surface area contributed by atoms with Gasteiger partial charge in [0, 0.05) is 11.3 Å². The van der Waals surface area contributed by atoms with E-state index in [1.165, 1.54) is 12.1 Å². The van der Waals surface area contributed by atoms with Crippen molar-refractivity contribution in [2.45, 2.75) is 25.8 Å². The Morgan fingerprint density at radius 3 is 2.81 bits per heavy atom. The summed E-state index contributed by atoms with van der Waals surface area (Å²) in [6.45, 7) is 0.450. The molecule has 0 aliphatic heterocycles. The second kappa shape index (κ2) is 7.12. The van der Waals surface area contributed by atoms with Crippen molar-refractivity contribution in [1.82, 2.24) is 14.7 Å². The molecule has 0 atom stereocenters. The Labute approximate surface area is 156 Å². The van der Waals surface area contributed by atoms with Gasteiger partial charge in [-0.3, -0.25) is 4.79 Å². The quantitative estimate of drug-likeness (QED) is 0.653. The second-order valence-electron chi connectivity index (χ2n) is 6.46. The Kier molecular flexibility index (Phi) is 4.51. The summed E-state index contributed by atoms with van der Waals surface area (Å²) < 4.78 is 20.4. The molecule has 0 saturated heterocycles.